The standard InChI is InChI=1S/C13H25NO2/c1-10(2)8-9-14(3)13(16)11-4-6-12(15)7-5-11/h10-12,15H,4-9H2,1-3H3. The molecule has 1 saturated carbocycles. The fourth-order valence-electron chi connectivity index (χ4n) is 2.20. The molecule has 0 saturated heterocycles. The van der Waals surface area contributed by atoms with E-state index in [0.717, 1.165) is 38.6 Å². The van der Waals surface area contributed by atoms with Gasteiger partial charge in [-0.3, -0.25) is 4.79 Å². The zero-order chi connectivity index (χ0) is 12.1. The summed E-state index contributed by atoms with van der Waals surface area (Å²) in [5.74, 6) is 1.07. The van der Waals surface area contributed by atoms with Crippen LogP contribution in [0.1, 0.15) is 46.0 Å². The summed E-state index contributed by atoms with van der Waals surface area (Å²) in [6.07, 6.45) is 4.17. The minimum Gasteiger partial charge on any atom is -0.393 e. The number of aliphatic hydroxyl groups excluding tert-OH is 1. The van der Waals surface area contributed by atoms with Crippen LogP contribution in [-0.2, 0) is 4.79 Å². The van der Waals surface area contributed by atoms with Gasteiger partial charge in [0.15, 0.2) is 0 Å². The normalized spacial score (nSPS) is 25.8. The van der Waals surface area contributed by atoms with Crippen molar-refractivity contribution < 1.29 is 9.90 Å². The first kappa shape index (κ1) is 13.5. The van der Waals surface area contributed by atoms with E-state index in [9.17, 15) is 9.90 Å². The van der Waals surface area contributed by atoms with E-state index in [1.54, 1.807) is 0 Å². The quantitative estimate of drug-likeness (QED) is 0.798. The van der Waals surface area contributed by atoms with Gasteiger partial charge >= 0.3 is 0 Å². The highest BCUT2D eigenvalue weighted by molar-refractivity contribution is 5.78. The number of carbonyl (C=O) groups excluding carboxylic acids is 1. The van der Waals surface area contributed by atoms with Gasteiger partial charge in [0.2, 0.25) is 5.91 Å². The molecule has 0 aromatic heterocycles. The van der Waals surface area contributed by atoms with Crippen LogP contribution in [0.15, 0.2) is 0 Å². The van der Waals surface area contributed by atoms with E-state index < -0.39 is 0 Å². The molecule has 1 N–H and O–H groups in total. The summed E-state index contributed by atoms with van der Waals surface area (Å²) < 4.78 is 0. The average molecular weight is 227 g/mol. The molecule has 1 aliphatic carbocycles. The van der Waals surface area contributed by atoms with Crippen LogP contribution < -0.4 is 0 Å². The molecule has 1 rings (SSSR count). The molecule has 0 bridgehead atoms. The molecule has 3 nitrogen and oxygen atoms in total. The second-order valence-electron chi connectivity index (χ2n) is 5.45. The topological polar surface area (TPSA) is 40.5 Å². The van der Waals surface area contributed by atoms with E-state index in [2.05, 4.69) is 13.8 Å². The first-order valence-corrected chi connectivity index (χ1v) is 6.43. The van der Waals surface area contributed by atoms with Gasteiger partial charge in [0.05, 0.1) is 6.10 Å². The van der Waals surface area contributed by atoms with Gasteiger partial charge in [0, 0.05) is 19.5 Å². The molecule has 1 fully saturated rings. The van der Waals surface area contributed by atoms with Gasteiger partial charge in [-0.1, -0.05) is 13.8 Å². The van der Waals surface area contributed by atoms with Crippen molar-refractivity contribution in [3.05, 3.63) is 0 Å². The van der Waals surface area contributed by atoms with Crippen LogP contribution in [-0.4, -0.2) is 35.6 Å². The van der Waals surface area contributed by atoms with Crippen LogP contribution in [0.4, 0.5) is 0 Å². The van der Waals surface area contributed by atoms with Crippen LogP contribution in [0.25, 0.3) is 0 Å². The number of carbonyl (C=O) groups is 1. The van der Waals surface area contributed by atoms with Crippen molar-refractivity contribution in [1.29, 1.82) is 0 Å². The largest absolute Gasteiger partial charge is 0.393 e. The van der Waals surface area contributed by atoms with E-state index in [1.165, 1.54) is 0 Å². The number of hydrogen-bond donors (Lipinski definition) is 1. The Bertz CT molecular complexity index is 220. The van der Waals surface area contributed by atoms with Crippen LogP contribution in [0.3, 0.4) is 0 Å². The molecule has 0 aromatic rings. The van der Waals surface area contributed by atoms with Crippen molar-refractivity contribution >= 4 is 5.91 Å². The summed E-state index contributed by atoms with van der Waals surface area (Å²) in [6.45, 7) is 5.21. The molecule has 0 spiro atoms. The minimum atomic E-state index is -0.176. The van der Waals surface area contributed by atoms with Crippen molar-refractivity contribution in [3.63, 3.8) is 0 Å². The Morgan fingerprint density at radius 2 is 1.88 bits per heavy atom. The summed E-state index contributed by atoms with van der Waals surface area (Å²) in [6, 6.07) is 0. The average Bonchev–Trinajstić information content (AvgIpc) is 2.26. The Morgan fingerprint density at radius 1 is 1.31 bits per heavy atom. The van der Waals surface area contributed by atoms with E-state index in [1.807, 2.05) is 11.9 Å². The first-order valence-electron chi connectivity index (χ1n) is 6.43. The SMILES string of the molecule is CC(C)CCN(C)C(=O)C1CCC(O)CC1. The Balaban J connectivity index is 2.32. The minimum absolute atomic E-state index is 0.153. The molecule has 0 aliphatic heterocycles. The molecule has 0 heterocycles. The lowest BCUT2D eigenvalue weighted by atomic mass is 9.86. The molecule has 16 heavy (non-hydrogen) atoms. The molecule has 0 aromatic carbocycles. The Kier molecular flexibility index (Phi) is 5.26. The molecule has 0 radical (unpaired) electrons. The lowest BCUT2D eigenvalue weighted by molar-refractivity contribution is -0.136. The predicted molar refractivity (Wildman–Crippen MR) is 65.1 cm³/mol. The number of amides is 1. The lowest BCUT2D eigenvalue weighted by Crippen LogP contribution is -2.36. The van der Waals surface area contributed by atoms with Gasteiger partial charge in [-0.2, -0.15) is 0 Å². The maximum absolute atomic E-state index is 12.1. The van der Waals surface area contributed by atoms with Gasteiger partial charge in [-0.05, 0) is 38.0 Å². The predicted octanol–water partition coefficient (Wildman–Crippen LogP) is 2.04. The second kappa shape index (κ2) is 6.24. The van der Waals surface area contributed by atoms with Crippen molar-refractivity contribution in [2.75, 3.05) is 13.6 Å². The Morgan fingerprint density at radius 3 is 2.38 bits per heavy atom. The van der Waals surface area contributed by atoms with Crippen molar-refractivity contribution in [3.8, 4) is 0 Å². The number of nitrogens with zero attached hydrogens (tertiary/aromatic N) is 1. The molecular weight excluding hydrogens is 202 g/mol. The molecule has 94 valence electrons. The van der Waals surface area contributed by atoms with Gasteiger partial charge in [-0.15, -0.1) is 0 Å². The monoisotopic (exact) mass is 227 g/mol. The van der Waals surface area contributed by atoms with Crippen LogP contribution in [0, 0.1) is 11.8 Å². The fourth-order valence-corrected chi connectivity index (χ4v) is 2.20. The van der Waals surface area contributed by atoms with Gasteiger partial charge in [0.1, 0.15) is 0 Å². The summed E-state index contributed by atoms with van der Waals surface area (Å²) in [5, 5.41) is 9.40. The smallest absolute Gasteiger partial charge is 0.225 e. The van der Waals surface area contributed by atoms with Crippen molar-refractivity contribution in [2.24, 2.45) is 11.8 Å². The molecular formula is C13H25NO2. The van der Waals surface area contributed by atoms with E-state index in [-0.39, 0.29) is 17.9 Å². The summed E-state index contributed by atoms with van der Waals surface area (Å²) >= 11 is 0. The third kappa shape index (κ3) is 4.12. The number of rotatable bonds is 4. The van der Waals surface area contributed by atoms with E-state index in [0.29, 0.717) is 5.92 Å². The summed E-state index contributed by atoms with van der Waals surface area (Å²) in [4.78, 5) is 13.9. The highest BCUT2D eigenvalue weighted by Crippen LogP contribution is 2.25. The molecule has 0 unspecified atom stereocenters. The molecule has 1 amide bonds. The third-order valence-corrected chi connectivity index (χ3v) is 3.46. The Hall–Kier alpha value is -0.570. The zero-order valence-corrected chi connectivity index (χ0v) is 10.8. The van der Waals surface area contributed by atoms with Gasteiger partial charge < -0.3 is 10.0 Å². The second-order valence-corrected chi connectivity index (χ2v) is 5.45. The zero-order valence-electron chi connectivity index (χ0n) is 10.8. The maximum atomic E-state index is 12.1. The van der Waals surface area contributed by atoms with Crippen LogP contribution >= 0.6 is 0 Å². The summed E-state index contributed by atoms with van der Waals surface area (Å²) in [7, 11) is 1.90. The lowest BCUT2D eigenvalue weighted by Gasteiger charge is -2.28. The molecule has 1 aliphatic rings. The van der Waals surface area contributed by atoms with Gasteiger partial charge in [0.25, 0.3) is 0 Å². The van der Waals surface area contributed by atoms with Crippen molar-refractivity contribution in [1.82, 2.24) is 4.90 Å². The maximum Gasteiger partial charge on any atom is 0.225 e. The number of aliphatic hydroxyl groups is 1. The highest BCUT2D eigenvalue weighted by Gasteiger charge is 2.27. The first-order chi connectivity index (χ1) is 7.50. The van der Waals surface area contributed by atoms with Crippen LogP contribution in [0.2, 0.25) is 0 Å². The van der Waals surface area contributed by atoms with Gasteiger partial charge in [-0.25, -0.2) is 0 Å². The van der Waals surface area contributed by atoms with E-state index >= 15 is 0 Å². The third-order valence-electron chi connectivity index (χ3n) is 3.46. The van der Waals surface area contributed by atoms with Crippen LogP contribution in [0.5, 0.6) is 0 Å². The van der Waals surface area contributed by atoms with E-state index in [4.69, 9.17) is 0 Å². The highest BCUT2D eigenvalue weighted by atomic mass is 16.3. The number of hydrogen-bond acceptors (Lipinski definition) is 2. The summed E-state index contributed by atoms with van der Waals surface area (Å²) in [5.41, 5.74) is 0. The molecule has 0 atom stereocenters. The van der Waals surface area contributed by atoms with Crippen molar-refractivity contribution in [2.45, 2.75) is 52.1 Å². The molecule has 3 heteroatoms. The Labute approximate surface area is 98.8 Å². The fraction of sp³-hybridized carbons (Fsp3) is 0.923.